The van der Waals surface area contributed by atoms with Crippen LogP contribution in [0.25, 0.3) is 0 Å². The van der Waals surface area contributed by atoms with Gasteiger partial charge in [-0.3, -0.25) is 4.79 Å². The van der Waals surface area contributed by atoms with Crippen molar-refractivity contribution in [1.82, 2.24) is 9.29 Å². The van der Waals surface area contributed by atoms with E-state index in [0.29, 0.717) is 12.3 Å². The molecule has 4 rings (SSSR count). The molecule has 2 aromatic heterocycles. The summed E-state index contributed by atoms with van der Waals surface area (Å²) in [6.45, 7) is 0.133. The highest BCUT2D eigenvalue weighted by molar-refractivity contribution is 7.89. The number of amides is 1. The number of halogens is 1. The van der Waals surface area contributed by atoms with Crippen molar-refractivity contribution in [3.05, 3.63) is 77.5 Å². The third-order valence-electron chi connectivity index (χ3n) is 4.75. The lowest BCUT2D eigenvalue weighted by atomic mass is 10.2. The topological polar surface area (TPSA) is 83.7 Å². The molecule has 150 valence electrons. The third kappa shape index (κ3) is 4.05. The maximum Gasteiger partial charge on any atom is 0.245 e. The fraction of sp³-hybridized carbons (Fsp3) is 0.200. The molecule has 3 aromatic rings. The van der Waals surface area contributed by atoms with Crippen LogP contribution in [0.4, 0.5) is 5.69 Å². The van der Waals surface area contributed by atoms with Gasteiger partial charge >= 0.3 is 0 Å². The van der Waals surface area contributed by atoms with Crippen LogP contribution in [0.1, 0.15) is 11.3 Å². The molecule has 3 heterocycles. The number of benzene rings is 1. The summed E-state index contributed by atoms with van der Waals surface area (Å²) in [5.74, 6) is 0.136. The largest absolute Gasteiger partial charge is 0.468 e. The molecule has 1 amide bonds. The third-order valence-corrected chi connectivity index (χ3v) is 6.75. The van der Waals surface area contributed by atoms with Gasteiger partial charge in [0.1, 0.15) is 15.8 Å². The average molecular weight is 432 g/mol. The number of anilines is 1. The number of carbonyl (C=O) groups is 1. The quantitative estimate of drug-likeness (QED) is 0.560. The van der Waals surface area contributed by atoms with Gasteiger partial charge in [-0.1, -0.05) is 29.8 Å². The molecule has 9 heteroatoms. The summed E-state index contributed by atoms with van der Waals surface area (Å²) in [6, 6.07) is 13.7. The lowest BCUT2D eigenvalue weighted by molar-refractivity contribution is -0.118. The predicted molar refractivity (Wildman–Crippen MR) is 108 cm³/mol. The summed E-state index contributed by atoms with van der Waals surface area (Å²) < 4.78 is 32.8. The maximum atomic E-state index is 13.2. The lowest BCUT2D eigenvalue weighted by Gasteiger charge is -2.24. The van der Waals surface area contributed by atoms with E-state index < -0.39 is 10.0 Å². The molecular weight excluding hydrogens is 414 g/mol. The highest BCUT2D eigenvalue weighted by Gasteiger charge is 2.32. The van der Waals surface area contributed by atoms with Crippen molar-refractivity contribution in [3.63, 3.8) is 0 Å². The number of para-hydroxylation sites is 1. The van der Waals surface area contributed by atoms with E-state index in [4.69, 9.17) is 16.0 Å². The van der Waals surface area contributed by atoms with Crippen molar-refractivity contribution >= 4 is 33.2 Å². The normalized spacial score (nSPS) is 13.7. The Morgan fingerprint density at radius 3 is 2.72 bits per heavy atom. The molecule has 0 fully saturated rings. The van der Waals surface area contributed by atoms with Gasteiger partial charge in [0.25, 0.3) is 0 Å². The lowest BCUT2D eigenvalue weighted by Crippen LogP contribution is -2.42. The van der Waals surface area contributed by atoms with Crippen LogP contribution < -0.4 is 4.90 Å². The van der Waals surface area contributed by atoms with Crippen LogP contribution in [0, 0.1) is 0 Å². The van der Waals surface area contributed by atoms with E-state index in [2.05, 4.69) is 4.98 Å². The molecule has 0 saturated carbocycles. The fourth-order valence-electron chi connectivity index (χ4n) is 3.30. The zero-order valence-electron chi connectivity index (χ0n) is 15.4. The Morgan fingerprint density at radius 2 is 2.00 bits per heavy atom. The first-order valence-electron chi connectivity index (χ1n) is 8.97. The van der Waals surface area contributed by atoms with Crippen LogP contribution >= 0.6 is 11.6 Å². The highest BCUT2D eigenvalue weighted by Crippen LogP contribution is 2.28. The van der Waals surface area contributed by atoms with Gasteiger partial charge in [-0.15, -0.1) is 0 Å². The molecule has 1 aromatic carbocycles. The maximum absolute atomic E-state index is 13.2. The number of hydrogen-bond acceptors (Lipinski definition) is 5. The fourth-order valence-corrected chi connectivity index (χ4v) is 4.71. The van der Waals surface area contributed by atoms with E-state index in [1.165, 1.54) is 24.6 Å². The van der Waals surface area contributed by atoms with E-state index in [1.807, 2.05) is 24.3 Å². The number of sulfonamides is 1. The molecule has 1 aliphatic heterocycles. The first-order valence-corrected chi connectivity index (χ1v) is 10.8. The summed E-state index contributed by atoms with van der Waals surface area (Å²) in [7, 11) is -3.99. The number of furan rings is 1. The molecule has 0 bridgehead atoms. The van der Waals surface area contributed by atoms with Crippen molar-refractivity contribution in [1.29, 1.82) is 0 Å². The number of fused-ring (bicyclic) bond motifs is 1. The smallest absolute Gasteiger partial charge is 0.245 e. The van der Waals surface area contributed by atoms with Gasteiger partial charge in [-0.25, -0.2) is 13.4 Å². The zero-order chi connectivity index (χ0) is 20.4. The molecule has 7 nitrogen and oxygen atoms in total. The first kappa shape index (κ1) is 19.6. The van der Waals surface area contributed by atoms with E-state index in [9.17, 15) is 13.2 Å². The molecule has 0 aliphatic carbocycles. The Morgan fingerprint density at radius 1 is 1.17 bits per heavy atom. The Balaban J connectivity index is 1.62. The summed E-state index contributed by atoms with van der Waals surface area (Å²) in [4.78, 5) is 18.5. The van der Waals surface area contributed by atoms with E-state index in [0.717, 1.165) is 22.0 Å². The van der Waals surface area contributed by atoms with Crippen LogP contribution in [-0.2, 0) is 27.8 Å². The van der Waals surface area contributed by atoms with Gasteiger partial charge in [0, 0.05) is 18.4 Å². The average Bonchev–Trinajstić information content (AvgIpc) is 3.37. The predicted octanol–water partition coefficient (Wildman–Crippen LogP) is 3.11. The zero-order valence-corrected chi connectivity index (χ0v) is 16.9. The van der Waals surface area contributed by atoms with Crippen LogP contribution in [0.5, 0.6) is 0 Å². The first-order chi connectivity index (χ1) is 13.9. The van der Waals surface area contributed by atoms with E-state index in [1.54, 1.807) is 17.0 Å². The molecule has 0 unspecified atom stereocenters. The Bertz CT molecular complexity index is 1110. The van der Waals surface area contributed by atoms with Crippen molar-refractivity contribution in [2.75, 3.05) is 18.0 Å². The van der Waals surface area contributed by atoms with Crippen molar-refractivity contribution in [2.45, 2.75) is 17.9 Å². The highest BCUT2D eigenvalue weighted by atomic mass is 35.5. The Hall–Kier alpha value is -2.68. The summed E-state index contributed by atoms with van der Waals surface area (Å²) >= 11 is 5.78. The van der Waals surface area contributed by atoms with Gasteiger partial charge < -0.3 is 9.32 Å². The van der Waals surface area contributed by atoms with Gasteiger partial charge in [-0.05, 0) is 42.3 Å². The van der Waals surface area contributed by atoms with Crippen LogP contribution in [0.15, 0.2) is 70.3 Å². The summed E-state index contributed by atoms with van der Waals surface area (Å²) in [6.07, 6.45) is 3.39. The van der Waals surface area contributed by atoms with Crippen molar-refractivity contribution < 1.29 is 17.6 Å². The SMILES string of the molecule is O=C(CN(Cc1ccco1)S(=O)(=O)c1ccc(Cl)nc1)N1CCc2ccccc21. The molecule has 0 atom stereocenters. The molecular formula is C20H18ClN3O4S. The number of carbonyl (C=O) groups excluding carboxylic acids is 1. The van der Waals surface area contributed by atoms with Gasteiger partial charge in [0.2, 0.25) is 15.9 Å². The Labute approximate surface area is 173 Å². The molecule has 0 spiro atoms. The van der Waals surface area contributed by atoms with Gasteiger partial charge in [0.05, 0.1) is 19.4 Å². The van der Waals surface area contributed by atoms with E-state index >= 15 is 0 Å². The van der Waals surface area contributed by atoms with Gasteiger partial charge in [0.15, 0.2) is 0 Å². The molecule has 1 aliphatic rings. The van der Waals surface area contributed by atoms with Crippen molar-refractivity contribution in [2.24, 2.45) is 0 Å². The molecule has 0 N–H and O–H groups in total. The second kappa shape index (κ2) is 7.98. The van der Waals surface area contributed by atoms with Crippen LogP contribution in [0.3, 0.4) is 0 Å². The number of nitrogens with zero attached hydrogens (tertiary/aromatic N) is 3. The second-order valence-electron chi connectivity index (χ2n) is 6.59. The molecule has 29 heavy (non-hydrogen) atoms. The second-order valence-corrected chi connectivity index (χ2v) is 8.92. The van der Waals surface area contributed by atoms with E-state index in [-0.39, 0.29) is 29.0 Å². The van der Waals surface area contributed by atoms with Crippen LogP contribution in [0.2, 0.25) is 5.15 Å². The number of rotatable bonds is 6. The number of hydrogen-bond donors (Lipinski definition) is 0. The minimum atomic E-state index is -3.99. The molecule has 0 saturated heterocycles. The Kier molecular flexibility index (Phi) is 5.40. The standard InChI is InChI=1S/C20H18ClN3O4S/c21-19-8-7-17(12-22-19)29(26,27)23(13-16-5-3-11-28-16)14-20(25)24-10-9-15-4-1-2-6-18(15)24/h1-8,11-12H,9-10,13-14H2. The molecule has 0 radical (unpaired) electrons. The summed E-state index contributed by atoms with van der Waals surface area (Å²) in [5, 5.41) is 0.186. The number of pyridine rings is 1. The van der Waals surface area contributed by atoms with Crippen LogP contribution in [-0.4, -0.2) is 36.7 Å². The summed E-state index contributed by atoms with van der Waals surface area (Å²) in [5.41, 5.74) is 1.89. The number of aromatic nitrogens is 1. The minimum Gasteiger partial charge on any atom is -0.468 e. The van der Waals surface area contributed by atoms with Crippen molar-refractivity contribution in [3.8, 4) is 0 Å². The van der Waals surface area contributed by atoms with Gasteiger partial charge in [-0.2, -0.15) is 4.31 Å². The minimum absolute atomic E-state index is 0.0388. The monoisotopic (exact) mass is 431 g/mol.